The Balaban J connectivity index is 0.00000169. The topological polar surface area (TPSA) is 50.6 Å². The Morgan fingerprint density at radius 2 is 2.25 bits per heavy atom. The first kappa shape index (κ1) is 18.1. The van der Waals surface area contributed by atoms with E-state index in [1.165, 1.54) is 19.3 Å². The van der Waals surface area contributed by atoms with E-state index in [0.29, 0.717) is 18.0 Å². The maximum absolute atomic E-state index is 5.65. The van der Waals surface area contributed by atoms with Crippen LogP contribution in [-0.4, -0.2) is 41.2 Å². The Hall–Kier alpha value is -0.660. The van der Waals surface area contributed by atoms with Gasteiger partial charge in [0.05, 0.1) is 18.9 Å². The molecule has 3 heterocycles. The highest BCUT2D eigenvalue weighted by Gasteiger charge is 2.34. The van der Waals surface area contributed by atoms with E-state index in [9.17, 15) is 0 Å². The van der Waals surface area contributed by atoms with Crippen molar-refractivity contribution in [1.82, 2.24) is 20.0 Å². The Morgan fingerprint density at radius 1 is 1.33 bits per heavy atom. The van der Waals surface area contributed by atoms with Crippen molar-refractivity contribution in [3.8, 4) is 0 Å². The summed E-state index contributed by atoms with van der Waals surface area (Å²) in [6, 6.07) is 5.13. The molecule has 1 aliphatic carbocycles. The van der Waals surface area contributed by atoms with Gasteiger partial charge in [0.25, 0.3) is 0 Å². The van der Waals surface area contributed by atoms with Crippen LogP contribution in [-0.2, 0) is 11.3 Å². The number of hydrogen-bond acceptors (Lipinski definition) is 4. The zero-order valence-electron chi connectivity index (χ0n) is 13.6. The van der Waals surface area contributed by atoms with Gasteiger partial charge in [-0.05, 0) is 46.8 Å². The molecule has 1 saturated carbocycles. The lowest BCUT2D eigenvalue weighted by atomic mass is 9.94. The number of fused-ring (bicyclic) bond motifs is 1. The Bertz CT molecular complexity index is 674. The number of hydrogen-bond donors (Lipinski definition) is 2. The van der Waals surface area contributed by atoms with E-state index in [0.717, 1.165) is 42.1 Å². The highest BCUT2D eigenvalue weighted by atomic mass is 79.9. The molecule has 4 rings (SSSR count). The second kappa shape index (κ2) is 8.15. The van der Waals surface area contributed by atoms with Crippen molar-refractivity contribution < 1.29 is 4.74 Å². The van der Waals surface area contributed by atoms with Crippen molar-refractivity contribution in [2.45, 2.75) is 37.9 Å². The van der Waals surface area contributed by atoms with Gasteiger partial charge in [0, 0.05) is 42.0 Å². The number of nitrogens with one attached hydrogen (secondary N) is 2. The normalized spacial score (nSPS) is 27.3. The fraction of sp³-hybridized carbons (Fsp3) is 0.588. The predicted octanol–water partition coefficient (Wildman–Crippen LogP) is 2.77. The van der Waals surface area contributed by atoms with Crippen LogP contribution in [0.1, 0.15) is 25.0 Å². The zero-order chi connectivity index (χ0) is 15.6. The molecule has 3 unspecified atom stereocenters. The quantitative estimate of drug-likeness (QED) is 0.806. The van der Waals surface area contributed by atoms with Crippen LogP contribution in [0, 0.1) is 5.92 Å². The van der Waals surface area contributed by atoms with Gasteiger partial charge in [-0.2, -0.15) is 0 Å². The van der Waals surface area contributed by atoms with Gasteiger partial charge < -0.3 is 19.8 Å². The van der Waals surface area contributed by atoms with Crippen molar-refractivity contribution in [3.63, 3.8) is 0 Å². The van der Waals surface area contributed by atoms with E-state index in [-0.39, 0.29) is 12.4 Å². The standard InChI is InChI=1S/C17H23BrN4O.ClH/c18-12-4-5-17-21-13(10-22(17)9-12)8-20-15-3-1-2-14(15)16-11-23-7-6-19-16;/h4-5,9-10,14-16,19-20H,1-3,6-8,11H2;1H. The molecule has 0 radical (unpaired) electrons. The van der Waals surface area contributed by atoms with Crippen LogP contribution in [0.15, 0.2) is 29.0 Å². The van der Waals surface area contributed by atoms with E-state index >= 15 is 0 Å². The van der Waals surface area contributed by atoms with E-state index in [1.54, 1.807) is 0 Å². The number of morpholine rings is 1. The number of ether oxygens (including phenoxy) is 1. The number of nitrogens with zero attached hydrogens (tertiary/aromatic N) is 2. The SMILES string of the molecule is Brc1ccc2nc(CNC3CCCC3C3COCCN3)cn2c1.Cl. The summed E-state index contributed by atoms with van der Waals surface area (Å²) >= 11 is 3.50. The van der Waals surface area contributed by atoms with Gasteiger partial charge in [0.2, 0.25) is 0 Å². The average molecular weight is 416 g/mol. The van der Waals surface area contributed by atoms with E-state index in [1.807, 2.05) is 18.3 Å². The summed E-state index contributed by atoms with van der Waals surface area (Å²) in [5.74, 6) is 0.668. The van der Waals surface area contributed by atoms with Gasteiger partial charge in [-0.15, -0.1) is 12.4 Å². The molecule has 2 N–H and O–H groups in total. The lowest BCUT2D eigenvalue weighted by Crippen LogP contribution is -2.50. The molecule has 0 bridgehead atoms. The molecule has 0 spiro atoms. The van der Waals surface area contributed by atoms with Gasteiger partial charge in [-0.1, -0.05) is 6.42 Å². The monoisotopic (exact) mass is 414 g/mol. The molecule has 2 aliphatic rings. The third-order valence-electron chi connectivity index (χ3n) is 5.05. The average Bonchev–Trinajstić information content (AvgIpc) is 3.19. The zero-order valence-corrected chi connectivity index (χ0v) is 16.0. The van der Waals surface area contributed by atoms with E-state index < -0.39 is 0 Å². The van der Waals surface area contributed by atoms with Crippen molar-refractivity contribution in [2.75, 3.05) is 19.8 Å². The predicted molar refractivity (Wildman–Crippen MR) is 101 cm³/mol. The van der Waals surface area contributed by atoms with Crippen LogP contribution < -0.4 is 10.6 Å². The first-order valence-electron chi connectivity index (χ1n) is 8.47. The molecule has 1 saturated heterocycles. The number of rotatable bonds is 4. The Labute approximate surface area is 157 Å². The molecular formula is C17H24BrClN4O. The molecule has 0 amide bonds. The van der Waals surface area contributed by atoms with Crippen LogP contribution in [0.5, 0.6) is 0 Å². The van der Waals surface area contributed by atoms with Crippen molar-refractivity contribution in [1.29, 1.82) is 0 Å². The summed E-state index contributed by atoms with van der Waals surface area (Å²) in [6.45, 7) is 3.51. The van der Waals surface area contributed by atoms with Crippen LogP contribution in [0.3, 0.4) is 0 Å². The van der Waals surface area contributed by atoms with Crippen LogP contribution in [0.2, 0.25) is 0 Å². The molecule has 7 heteroatoms. The Morgan fingerprint density at radius 3 is 3.08 bits per heavy atom. The van der Waals surface area contributed by atoms with Crippen molar-refractivity contribution in [3.05, 3.63) is 34.7 Å². The molecular weight excluding hydrogens is 392 g/mol. The second-order valence-corrected chi connectivity index (χ2v) is 7.48. The number of pyridine rings is 1. The summed E-state index contributed by atoms with van der Waals surface area (Å²) < 4.78 is 8.79. The molecule has 1 aliphatic heterocycles. The number of imidazole rings is 1. The summed E-state index contributed by atoms with van der Waals surface area (Å²) in [6.07, 6.45) is 8.00. The molecule has 132 valence electrons. The maximum Gasteiger partial charge on any atom is 0.137 e. The molecule has 2 aromatic heterocycles. The lowest BCUT2D eigenvalue weighted by molar-refractivity contribution is 0.0524. The lowest BCUT2D eigenvalue weighted by Gasteiger charge is -2.32. The van der Waals surface area contributed by atoms with Crippen LogP contribution >= 0.6 is 28.3 Å². The first-order chi connectivity index (χ1) is 11.3. The largest absolute Gasteiger partial charge is 0.379 e. The number of halogens is 2. The molecule has 2 fully saturated rings. The van der Waals surface area contributed by atoms with Crippen molar-refractivity contribution in [2.24, 2.45) is 5.92 Å². The molecule has 3 atom stereocenters. The highest BCUT2D eigenvalue weighted by Crippen LogP contribution is 2.29. The molecule has 5 nitrogen and oxygen atoms in total. The van der Waals surface area contributed by atoms with E-state index in [2.05, 4.69) is 37.2 Å². The third-order valence-corrected chi connectivity index (χ3v) is 5.52. The second-order valence-electron chi connectivity index (χ2n) is 6.56. The fourth-order valence-corrected chi connectivity index (χ4v) is 4.28. The minimum Gasteiger partial charge on any atom is -0.379 e. The van der Waals surface area contributed by atoms with Crippen LogP contribution in [0.4, 0.5) is 0 Å². The fourth-order valence-electron chi connectivity index (χ4n) is 3.92. The van der Waals surface area contributed by atoms with Gasteiger partial charge in [-0.25, -0.2) is 4.98 Å². The minimum absolute atomic E-state index is 0. The summed E-state index contributed by atoms with van der Waals surface area (Å²) in [5.41, 5.74) is 2.09. The summed E-state index contributed by atoms with van der Waals surface area (Å²) in [5, 5.41) is 7.36. The smallest absolute Gasteiger partial charge is 0.137 e. The van der Waals surface area contributed by atoms with Crippen LogP contribution in [0.25, 0.3) is 5.65 Å². The molecule has 24 heavy (non-hydrogen) atoms. The molecule has 0 aromatic carbocycles. The Kier molecular flexibility index (Phi) is 6.16. The van der Waals surface area contributed by atoms with Gasteiger partial charge in [0.15, 0.2) is 0 Å². The molecule has 2 aromatic rings. The minimum atomic E-state index is 0. The highest BCUT2D eigenvalue weighted by molar-refractivity contribution is 9.10. The van der Waals surface area contributed by atoms with Crippen molar-refractivity contribution >= 4 is 34.0 Å². The van der Waals surface area contributed by atoms with Gasteiger partial charge >= 0.3 is 0 Å². The van der Waals surface area contributed by atoms with E-state index in [4.69, 9.17) is 9.72 Å². The van der Waals surface area contributed by atoms with Gasteiger partial charge in [0.1, 0.15) is 5.65 Å². The summed E-state index contributed by atoms with van der Waals surface area (Å²) in [4.78, 5) is 4.69. The summed E-state index contributed by atoms with van der Waals surface area (Å²) in [7, 11) is 0. The maximum atomic E-state index is 5.65. The van der Waals surface area contributed by atoms with Gasteiger partial charge in [-0.3, -0.25) is 0 Å². The number of aromatic nitrogens is 2. The third kappa shape index (κ3) is 3.94. The first-order valence-corrected chi connectivity index (χ1v) is 9.26.